The van der Waals surface area contributed by atoms with Gasteiger partial charge >= 0.3 is 5.97 Å². The standard InChI is InChI=1S/C11H13NO2S/c13-11(14)9-6-7-15-10(12-9)8-4-2-1-3-5-8/h1-5,9-10,12H,6-7H2,(H,13,14)/t9-,10+/m1/s1. The first-order chi connectivity index (χ1) is 7.27. The number of carbonyl (C=O) groups is 1. The molecule has 0 aromatic heterocycles. The maximum atomic E-state index is 10.9. The molecule has 0 spiro atoms. The summed E-state index contributed by atoms with van der Waals surface area (Å²) >= 11 is 1.76. The Morgan fingerprint density at radius 3 is 2.80 bits per heavy atom. The molecule has 1 saturated heterocycles. The van der Waals surface area contributed by atoms with Gasteiger partial charge in [0.15, 0.2) is 0 Å². The quantitative estimate of drug-likeness (QED) is 0.803. The number of rotatable bonds is 2. The fourth-order valence-electron chi connectivity index (χ4n) is 1.63. The minimum absolute atomic E-state index is 0.112. The van der Waals surface area contributed by atoms with Gasteiger partial charge in [0.05, 0.1) is 5.37 Å². The lowest BCUT2D eigenvalue weighted by Gasteiger charge is -2.28. The van der Waals surface area contributed by atoms with Crippen LogP contribution >= 0.6 is 11.8 Å². The van der Waals surface area contributed by atoms with E-state index in [4.69, 9.17) is 5.11 Å². The molecule has 80 valence electrons. The summed E-state index contributed by atoms with van der Waals surface area (Å²) in [6.07, 6.45) is 0.698. The monoisotopic (exact) mass is 223 g/mol. The lowest BCUT2D eigenvalue weighted by molar-refractivity contribution is -0.139. The Labute approximate surface area is 92.9 Å². The average molecular weight is 223 g/mol. The minimum atomic E-state index is -0.753. The highest BCUT2D eigenvalue weighted by molar-refractivity contribution is 7.99. The summed E-state index contributed by atoms with van der Waals surface area (Å²) < 4.78 is 0. The summed E-state index contributed by atoms with van der Waals surface area (Å²) in [6.45, 7) is 0. The van der Waals surface area contributed by atoms with E-state index in [1.165, 1.54) is 0 Å². The third-order valence-electron chi connectivity index (χ3n) is 2.44. The van der Waals surface area contributed by atoms with Crippen LogP contribution in [0.15, 0.2) is 30.3 Å². The van der Waals surface area contributed by atoms with Crippen LogP contribution in [0.4, 0.5) is 0 Å². The zero-order chi connectivity index (χ0) is 10.7. The molecule has 0 saturated carbocycles. The molecule has 1 heterocycles. The Morgan fingerprint density at radius 1 is 1.40 bits per heavy atom. The molecule has 1 fully saturated rings. The Kier molecular flexibility index (Phi) is 3.28. The number of benzene rings is 1. The summed E-state index contributed by atoms with van der Waals surface area (Å²) in [6, 6.07) is 9.55. The van der Waals surface area contributed by atoms with Crippen LogP contribution in [0.5, 0.6) is 0 Å². The fraction of sp³-hybridized carbons (Fsp3) is 0.364. The van der Waals surface area contributed by atoms with Crippen LogP contribution in [-0.4, -0.2) is 22.9 Å². The molecule has 0 bridgehead atoms. The van der Waals surface area contributed by atoms with Gasteiger partial charge in [0.2, 0.25) is 0 Å². The average Bonchev–Trinajstić information content (AvgIpc) is 2.30. The molecule has 3 nitrogen and oxygen atoms in total. The topological polar surface area (TPSA) is 49.3 Å². The molecule has 4 heteroatoms. The predicted octanol–water partition coefficient (Wildman–Crippen LogP) is 1.86. The number of nitrogens with one attached hydrogen (secondary N) is 1. The summed E-state index contributed by atoms with van der Waals surface area (Å²) in [5, 5.41) is 12.2. The molecule has 0 unspecified atom stereocenters. The third-order valence-corrected chi connectivity index (χ3v) is 3.66. The zero-order valence-corrected chi connectivity index (χ0v) is 9.04. The van der Waals surface area contributed by atoms with Gasteiger partial charge in [0.1, 0.15) is 6.04 Å². The van der Waals surface area contributed by atoms with Crippen LogP contribution in [-0.2, 0) is 4.79 Å². The number of hydrogen-bond acceptors (Lipinski definition) is 3. The van der Waals surface area contributed by atoms with Gasteiger partial charge in [-0.1, -0.05) is 30.3 Å². The third kappa shape index (κ3) is 2.52. The van der Waals surface area contributed by atoms with Gasteiger partial charge in [-0.25, -0.2) is 0 Å². The highest BCUT2D eigenvalue weighted by Crippen LogP contribution is 2.31. The van der Waals surface area contributed by atoms with Crippen molar-refractivity contribution in [3.63, 3.8) is 0 Å². The van der Waals surface area contributed by atoms with Crippen LogP contribution in [0.2, 0.25) is 0 Å². The van der Waals surface area contributed by atoms with Gasteiger partial charge in [-0.2, -0.15) is 0 Å². The highest BCUT2D eigenvalue weighted by atomic mass is 32.2. The van der Waals surface area contributed by atoms with E-state index in [0.717, 1.165) is 11.3 Å². The van der Waals surface area contributed by atoms with Gasteiger partial charge in [0.25, 0.3) is 0 Å². The Morgan fingerprint density at radius 2 is 2.13 bits per heavy atom. The maximum absolute atomic E-state index is 10.9. The van der Waals surface area contributed by atoms with Gasteiger partial charge in [0, 0.05) is 0 Å². The second kappa shape index (κ2) is 4.68. The Hall–Kier alpha value is -1.00. The van der Waals surface area contributed by atoms with E-state index in [9.17, 15) is 4.79 Å². The first-order valence-corrected chi connectivity index (χ1v) is 5.97. The molecule has 2 atom stereocenters. The first kappa shape index (κ1) is 10.5. The molecule has 1 aliphatic rings. The summed E-state index contributed by atoms with van der Waals surface area (Å²) in [7, 11) is 0. The van der Waals surface area contributed by atoms with Crippen molar-refractivity contribution in [3.05, 3.63) is 35.9 Å². The van der Waals surface area contributed by atoms with Crippen molar-refractivity contribution >= 4 is 17.7 Å². The molecule has 0 aliphatic carbocycles. The minimum Gasteiger partial charge on any atom is -0.480 e. The summed E-state index contributed by atoms with van der Waals surface area (Å²) in [5.74, 6) is 0.139. The van der Waals surface area contributed by atoms with Crippen molar-refractivity contribution in [1.82, 2.24) is 5.32 Å². The maximum Gasteiger partial charge on any atom is 0.320 e. The molecular weight excluding hydrogens is 210 g/mol. The molecule has 15 heavy (non-hydrogen) atoms. The van der Waals surface area contributed by atoms with Gasteiger partial charge in [-0.3, -0.25) is 10.1 Å². The zero-order valence-electron chi connectivity index (χ0n) is 8.22. The smallest absolute Gasteiger partial charge is 0.320 e. The summed E-state index contributed by atoms with van der Waals surface area (Å²) in [5.41, 5.74) is 1.15. The lowest BCUT2D eigenvalue weighted by atomic mass is 10.1. The van der Waals surface area contributed by atoms with E-state index in [1.807, 2.05) is 30.3 Å². The molecule has 1 aliphatic heterocycles. The second-order valence-electron chi connectivity index (χ2n) is 3.51. The molecular formula is C11H13NO2S. The van der Waals surface area contributed by atoms with Crippen LogP contribution in [0.25, 0.3) is 0 Å². The predicted molar refractivity (Wildman–Crippen MR) is 60.8 cm³/mol. The van der Waals surface area contributed by atoms with Crippen molar-refractivity contribution in [3.8, 4) is 0 Å². The van der Waals surface area contributed by atoms with E-state index in [0.29, 0.717) is 6.42 Å². The van der Waals surface area contributed by atoms with E-state index in [2.05, 4.69) is 5.32 Å². The normalized spacial score (nSPS) is 26.1. The molecule has 1 aromatic carbocycles. The lowest BCUT2D eigenvalue weighted by Crippen LogP contribution is -2.41. The number of hydrogen-bond donors (Lipinski definition) is 2. The summed E-state index contributed by atoms with van der Waals surface area (Å²) in [4.78, 5) is 10.9. The number of carboxylic acid groups (broad SMARTS) is 1. The molecule has 2 rings (SSSR count). The number of thioether (sulfide) groups is 1. The molecule has 0 amide bonds. The first-order valence-electron chi connectivity index (χ1n) is 4.93. The van der Waals surface area contributed by atoms with Crippen LogP contribution in [0.3, 0.4) is 0 Å². The van der Waals surface area contributed by atoms with Gasteiger partial charge in [-0.05, 0) is 17.7 Å². The van der Waals surface area contributed by atoms with Crippen molar-refractivity contribution < 1.29 is 9.90 Å². The van der Waals surface area contributed by atoms with E-state index >= 15 is 0 Å². The van der Waals surface area contributed by atoms with E-state index in [1.54, 1.807) is 11.8 Å². The van der Waals surface area contributed by atoms with Crippen LogP contribution in [0.1, 0.15) is 17.4 Å². The number of carboxylic acids is 1. The van der Waals surface area contributed by atoms with Crippen LogP contribution < -0.4 is 5.32 Å². The molecule has 0 radical (unpaired) electrons. The van der Waals surface area contributed by atoms with Crippen molar-refractivity contribution in [2.24, 2.45) is 0 Å². The highest BCUT2D eigenvalue weighted by Gasteiger charge is 2.26. The van der Waals surface area contributed by atoms with Crippen LogP contribution in [0, 0.1) is 0 Å². The van der Waals surface area contributed by atoms with Gasteiger partial charge < -0.3 is 5.11 Å². The van der Waals surface area contributed by atoms with Gasteiger partial charge in [-0.15, -0.1) is 11.8 Å². The fourth-order valence-corrected chi connectivity index (χ4v) is 2.85. The largest absolute Gasteiger partial charge is 0.480 e. The SMILES string of the molecule is O=C(O)[C@H]1CCS[C@@H](c2ccccc2)N1. The van der Waals surface area contributed by atoms with Crippen molar-refractivity contribution in [1.29, 1.82) is 0 Å². The molecule has 1 aromatic rings. The van der Waals surface area contributed by atoms with E-state index in [-0.39, 0.29) is 5.37 Å². The van der Waals surface area contributed by atoms with Crippen molar-refractivity contribution in [2.75, 3.05) is 5.75 Å². The Balaban J connectivity index is 2.08. The van der Waals surface area contributed by atoms with Crippen molar-refractivity contribution in [2.45, 2.75) is 17.8 Å². The number of aliphatic carboxylic acids is 1. The second-order valence-corrected chi connectivity index (χ2v) is 4.72. The molecule has 2 N–H and O–H groups in total. The Bertz CT molecular complexity index is 342. The van der Waals surface area contributed by atoms with E-state index < -0.39 is 12.0 Å².